The molecule has 0 aliphatic carbocycles. The van der Waals surface area contributed by atoms with Crippen molar-refractivity contribution in [3.05, 3.63) is 90.1 Å². The van der Waals surface area contributed by atoms with E-state index in [0.717, 1.165) is 30.4 Å². The Labute approximate surface area is 171 Å². The van der Waals surface area contributed by atoms with Gasteiger partial charge in [0.2, 0.25) is 0 Å². The van der Waals surface area contributed by atoms with Crippen LogP contribution in [-0.4, -0.2) is 17.5 Å². The number of guanidine groups is 1. The molecule has 0 aliphatic heterocycles. The fourth-order valence-corrected chi connectivity index (χ4v) is 2.36. The van der Waals surface area contributed by atoms with Crippen molar-refractivity contribution in [2.24, 2.45) is 4.99 Å². The zero-order valence-electron chi connectivity index (χ0n) is 14.5. The molecule has 136 valence electrons. The minimum Gasteiger partial charge on any atom is -0.469 e. The van der Waals surface area contributed by atoms with Crippen LogP contribution in [0.2, 0.25) is 0 Å². The summed E-state index contributed by atoms with van der Waals surface area (Å²) in [5, 5.41) is 6.68. The topological polar surface area (TPSA) is 62.5 Å². The number of hydrogen-bond acceptors (Lipinski definition) is 3. The summed E-state index contributed by atoms with van der Waals surface area (Å²) in [5.41, 5.74) is 2.15. The smallest absolute Gasteiger partial charge is 0.191 e. The van der Waals surface area contributed by atoms with Crippen LogP contribution in [0, 0.1) is 0 Å². The zero-order chi connectivity index (χ0) is 17.2. The first kappa shape index (κ1) is 20.0. The van der Waals surface area contributed by atoms with E-state index in [1.807, 2.05) is 48.5 Å². The molecule has 3 aromatic rings. The van der Waals surface area contributed by atoms with Crippen LogP contribution in [0.15, 0.2) is 82.5 Å². The van der Waals surface area contributed by atoms with E-state index in [-0.39, 0.29) is 24.0 Å². The molecule has 0 bridgehead atoms. The third-order valence-electron chi connectivity index (χ3n) is 3.67. The van der Waals surface area contributed by atoms with Gasteiger partial charge in [0.25, 0.3) is 0 Å². The van der Waals surface area contributed by atoms with E-state index < -0.39 is 0 Å². The van der Waals surface area contributed by atoms with Gasteiger partial charge in [0, 0.05) is 19.2 Å². The van der Waals surface area contributed by atoms with Gasteiger partial charge in [-0.05, 0) is 29.8 Å². The minimum absolute atomic E-state index is 0. The van der Waals surface area contributed by atoms with Crippen molar-refractivity contribution < 1.29 is 4.42 Å². The van der Waals surface area contributed by atoms with Crippen molar-refractivity contribution in [2.45, 2.75) is 19.5 Å². The number of nitrogens with zero attached hydrogens (tertiary/aromatic N) is 2. The lowest BCUT2D eigenvalue weighted by Crippen LogP contribution is -2.38. The standard InChI is InChI=1S/C20H22N4O.HI/c1-2-7-17(8-3-1)15-23-20(22-13-11-19-10-6-14-25-19)24-16-18-9-4-5-12-21-18;/h1-10,12,14H,11,13,15-16H2,(H2,22,23,24);1H. The van der Waals surface area contributed by atoms with Crippen LogP contribution in [-0.2, 0) is 19.5 Å². The lowest BCUT2D eigenvalue weighted by molar-refractivity contribution is 0.506. The summed E-state index contributed by atoms with van der Waals surface area (Å²) in [4.78, 5) is 8.99. The van der Waals surface area contributed by atoms with Crippen molar-refractivity contribution in [1.82, 2.24) is 15.6 Å². The fraction of sp³-hybridized carbons (Fsp3) is 0.200. The molecule has 0 aliphatic rings. The largest absolute Gasteiger partial charge is 0.469 e. The predicted molar refractivity (Wildman–Crippen MR) is 114 cm³/mol. The van der Waals surface area contributed by atoms with Crippen LogP contribution in [0.25, 0.3) is 0 Å². The van der Waals surface area contributed by atoms with Crippen molar-refractivity contribution >= 4 is 29.9 Å². The highest BCUT2D eigenvalue weighted by Crippen LogP contribution is 2.01. The molecule has 3 rings (SSSR count). The third kappa shape index (κ3) is 6.87. The lowest BCUT2D eigenvalue weighted by atomic mass is 10.2. The molecule has 6 heteroatoms. The molecule has 2 aromatic heterocycles. The maximum atomic E-state index is 5.36. The summed E-state index contributed by atoms with van der Waals surface area (Å²) < 4.78 is 5.36. The van der Waals surface area contributed by atoms with Crippen LogP contribution in [0.4, 0.5) is 0 Å². The van der Waals surface area contributed by atoms with E-state index in [1.165, 1.54) is 5.56 Å². The van der Waals surface area contributed by atoms with E-state index >= 15 is 0 Å². The number of rotatable bonds is 7. The first-order chi connectivity index (χ1) is 12.4. The van der Waals surface area contributed by atoms with Crippen molar-refractivity contribution in [1.29, 1.82) is 0 Å². The molecular weight excluding hydrogens is 439 g/mol. The molecule has 0 saturated heterocycles. The number of nitrogens with one attached hydrogen (secondary N) is 2. The first-order valence-corrected chi connectivity index (χ1v) is 8.38. The van der Waals surface area contributed by atoms with Gasteiger partial charge in [0.1, 0.15) is 5.76 Å². The quantitative estimate of drug-likeness (QED) is 0.319. The Morgan fingerprint density at radius 3 is 2.54 bits per heavy atom. The molecule has 0 amide bonds. The van der Waals surface area contributed by atoms with Gasteiger partial charge in [0.15, 0.2) is 5.96 Å². The van der Waals surface area contributed by atoms with Gasteiger partial charge < -0.3 is 15.1 Å². The molecule has 0 saturated carbocycles. The van der Waals surface area contributed by atoms with E-state index in [4.69, 9.17) is 4.42 Å². The van der Waals surface area contributed by atoms with Gasteiger partial charge in [-0.3, -0.25) is 4.98 Å². The molecule has 0 unspecified atom stereocenters. The average molecular weight is 462 g/mol. The van der Waals surface area contributed by atoms with E-state index in [9.17, 15) is 0 Å². The maximum Gasteiger partial charge on any atom is 0.191 e. The van der Waals surface area contributed by atoms with Crippen LogP contribution in [0.5, 0.6) is 0 Å². The molecule has 26 heavy (non-hydrogen) atoms. The molecule has 0 spiro atoms. The van der Waals surface area contributed by atoms with Crippen molar-refractivity contribution in [3.8, 4) is 0 Å². The molecule has 1 aromatic carbocycles. The predicted octanol–water partition coefficient (Wildman–Crippen LogP) is 3.77. The molecule has 2 N–H and O–H groups in total. The Hall–Kier alpha value is -2.35. The second-order valence-corrected chi connectivity index (χ2v) is 5.58. The van der Waals surface area contributed by atoms with E-state index in [0.29, 0.717) is 13.1 Å². The SMILES string of the molecule is I.c1ccc(CN=C(NCCc2ccco2)NCc2ccccn2)cc1. The summed E-state index contributed by atoms with van der Waals surface area (Å²) >= 11 is 0. The summed E-state index contributed by atoms with van der Waals surface area (Å²) in [5.74, 6) is 1.72. The number of benzene rings is 1. The zero-order valence-corrected chi connectivity index (χ0v) is 16.8. The average Bonchev–Trinajstić information content (AvgIpc) is 3.19. The molecular formula is C20H23IN4O. The highest BCUT2D eigenvalue weighted by Gasteiger charge is 2.02. The van der Waals surface area contributed by atoms with Gasteiger partial charge in [-0.15, -0.1) is 24.0 Å². The number of hydrogen-bond donors (Lipinski definition) is 2. The van der Waals surface area contributed by atoms with E-state index in [1.54, 1.807) is 12.5 Å². The Bertz CT molecular complexity index is 761. The minimum atomic E-state index is 0. The lowest BCUT2D eigenvalue weighted by Gasteiger charge is -2.12. The fourth-order valence-electron chi connectivity index (χ4n) is 2.36. The molecule has 2 heterocycles. The highest BCUT2D eigenvalue weighted by molar-refractivity contribution is 14.0. The number of halogens is 1. The molecule has 0 radical (unpaired) electrons. The highest BCUT2D eigenvalue weighted by atomic mass is 127. The first-order valence-electron chi connectivity index (χ1n) is 8.38. The monoisotopic (exact) mass is 462 g/mol. The second-order valence-electron chi connectivity index (χ2n) is 5.58. The summed E-state index contributed by atoms with van der Waals surface area (Å²) in [6, 6.07) is 20.0. The second kappa shape index (κ2) is 11.3. The number of pyridine rings is 1. The van der Waals surface area contributed by atoms with Gasteiger partial charge in [-0.1, -0.05) is 36.4 Å². The Morgan fingerprint density at radius 2 is 1.81 bits per heavy atom. The molecule has 5 nitrogen and oxygen atoms in total. The Kier molecular flexibility index (Phi) is 8.68. The maximum absolute atomic E-state index is 5.36. The summed E-state index contributed by atoms with van der Waals surface area (Å²) in [6.45, 7) is 2.00. The third-order valence-corrected chi connectivity index (χ3v) is 3.67. The van der Waals surface area contributed by atoms with E-state index in [2.05, 4.69) is 32.7 Å². The summed E-state index contributed by atoms with van der Waals surface area (Å²) in [6.07, 6.45) is 4.30. The van der Waals surface area contributed by atoms with Gasteiger partial charge in [0.05, 0.1) is 25.0 Å². The normalized spacial score (nSPS) is 10.8. The number of furan rings is 1. The number of aliphatic imine (C=N–C) groups is 1. The Morgan fingerprint density at radius 1 is 0.962 bits per heavy atom. The molecule has 0 fully saturated rings. The van der Waals surface area contributed by atoms with Gasteiger partial charge in [-0.2, -0.15) is 0 Å². The van der Waals surface area contributed by atoms with Crippen LogP contribution < -0.4 is 10.6 Å². The summed E-state index contributed by atoms with van der Waals surface area (Å²) in [7, 11) is 0. The molecule has 0 atom stereocenters. The number of aromatic nitrogens is 1. The Balaban J connectivity index is 0.00000243. The van der Waals surface area contributed by atoms with Crippen molar-refractivity contribution in [3.63, 3.8) is 0 Å². The van der Waals surface area contributed by atoms with Crippen LogP contribution >= 0.6 is 24.0 Å². The van der Waals surface area contributed by atoms with Gasteiger partial charge >= 0.3 is 0 Å². The van der Waals surface area contributed by atoms with Crippen LogP contribution in [0.3, 0.4) is 0 Å². The van der Waals surface area contributed by atoms with Crippen LogP contribution in [0.1, 0.15) is 17.0 Å². The van der Waals surface area contributed by atoms with Gasteiger partial charge in [-0.25, -0.2) is 4.99 Å². The van der Waals surface area contributed by atoms with Crippen molar-refractivity contribution in [2.75, 3.05) is 6.54 Å².